The molecule has 4 heteroatoms. The van der Waals surface area contributed by atoms with Crippen LogP contribution in [0, 0.1) is 0 Å². The van der Waals surface area contributed by atoms with Gasteiger partial charge in [0.1, 0.15) is 4.87 Å². The van der Waals surface area contributed by atoms with Gasteiger partial charge in [0.2, 0.25) is 5.90 Å². The van der Waals surface area contributed by atoms with Gasteiger partial charge in [-0.25, -0.2) is 0 Å². The number of ether oxygens (including phenoxy) is 1. The van der Waals surface area contributed by atoms with E-state index in [0.29, 0.717) is 0 Å². The van der Waals surface area contributed by atoms with E-state index in [9.17, 15) is 0 Å². The molecule has 0 aromatic heterocycles. The Morgan fingerprint density at radius 3 is 2.11 bits per heavy atom. The highest BCUT2D eigenvalue weighted by atomic mass is 35.5. The second-order valence-electron chi connectivity index (χ2n) is 2.08. The number of oxime groups is 1. The van der Waals surface area contributed by atoms with Crippen LogP contribution in [0.2, 0.25) is 0 Å². The Labute approximate surface area is 59.3 Å². The molecule has 0 bridgehead atoms. The Bertz CT molecular complexity index is 117. The molecule has 0 spiro atoms. The lowest BCUT2D eigenvalue weighted by atomic mass is 10.2. The van der Waals surface area contributed by atoms with E-state index in [2.05, 4.69) is 9.89 Å². The third-order valence-corrected chi connectivity index (χ3v) is 0.954. The summed E-state index contributed by atoms with van der Waals surface area (Å²) in [6.07, 6.45) is 0. The molecule has 0 heterocycles. The topological polar surface area (TPSA) is 41.8 Å². The van der Waals surface area contributed by atoms with Gasteiger partial charge in [-0.3, -0.25) is 0 Å². The van der Waals surface area contributed by atoms with Crippen molar-refractivity contribution in [3.8, 4) is 0 Å². The maximum Gasteiger partial charge on any atom is 0.246 e. The predicted molar refractivity (Wildman–Crippen MR) is 36.2 cm³/mol. The van der Waals surface area contributed by atoms with Crippen LogP contribution in [0.15, 0.2) is 5.16 Å². The molecule has 0 saturated heterocycles. The molecule has 0 rings (SSSR count). The number of alkyl halides is 1. The van der Waals surface area contributed by atoms with E-state index in [0.717, 1.165) is 0 Å². The summed E-state index contributed by atoms with van der Waals surface area (Å²) in [5, 5.41) is 11.1. The number of nitrogens with zero attached hydrogens (tertiary/aromatic N) is 1. The van der Waals surface area contributed by atoms with Crippen molar-refractivity contribution in [2.75, 3.05) is 7.11 Å². The molecule has 0 aliphatic rings. The molecule has 0 fully saturated rings. The van der Waals surface area contributed by atoms with Crippen molar-refractivity contribution in [3.05, 3.63) is 0 Å². The molecule has 0 atom stereocenters. The maximum absolute atomic E-state index is 8.24. The number of hydrogen-bond acceptors (Lipinski definition) is 3. The van der Waals surface area contributed by atoms with Gasteiger partial charge < -0.3 is 9.94 Å². The molecule has 9 heavy (non-hydrogen) atoms. The fourth-order valence-corrected chi connectivity index (χ4v) is 0.517. The Morgan fingerprint density at radius 2 is 2.11 bits per heavy atom. The summed E-state index contributed by atoms with van der Waals surface area (Å²) in [5.41, 5.74) is 0. The molecule has 54 valence electrons. The smallest absolute Gasteiger partial charge is 0.246 e. The lowest BCUT2D eigenvalue weighted by Crippen LogP contribution is -2.26. The van der Waals surface area contributed by atoms with Gasteiger partial charge in [0.05, 0.1) is 7.11 Å². The molecular weight excluding hydrogens is 142 g/mol. The normalized spacial score (nSPS) is 13.6. The molecule has 1 N–H and O–H groups in total. The van der Waals surface area contributed by atoms with Gasteiger partial charge in [-0.1, -0.05) is 5.16 Å². The van der Waals surface area contributed by atoms with Crippen LogP contribution in [0.5, 0.6) is 0 Å². The summed E-state index contributed by atoms with van der Waals surface area (Å²) in [4.78, 5) is -0.733. The lowest BCUT2D eigenvalue weighted by molar-refractivity contribution is 0.276. The molecule has 0 unspecified atom stereocenters. The molecule has 0 aliphatic heterocycles. The fourth-order valence-electron chi connectivity index (χ4n) is 0.402. The molecule has 0 aliphatic carbocycles. The minimum Gasteiger partial charge on any atom is -0.481 e. The van der Waals surface area contributed by atoms with E-state index in [1.807, 2.05) is 0 Å². The summed E-state index contributed by atoms with van der Waals surface area (Å²) in [6, 6.07) is 0. The van der Waals surface area contributed by atoms with E-state index in [-0.39, 0.29) is 5.90 Å². The van der Waals surface area contributed by atoms with Crippen molar-refractivity contribution in [1.29, 1.82) is 0 Å². The van der Waals surface area contributed by atoms with E-state index >= 15 is 0 Å². The molecule has 0 saturated carbocycles. The predicted octanol–water partition coefficient (Wildman–Crippen LogP) is 1.44. The number of halogens is 1. The molecule has 0 aromatic rings. The van der Waals surface area contributed by atoms with Gasteiger partial charge in [-0.15, -0.1) is 11.6 Å². The van der Waals surface area contributed by atoms with E-state index in [1.165, 1.54) is 7.11 Å². The largest absolute Gasteiger partial charge is 0.481 e. The molecule has 0 amide bonds. The first kappa shape index (κ1) is 8.56. The van der Waals surface area contributed by atoms with Crippen molar-refractivity contribution >= 4 is 17.5 Å². The van der Waals surface area contributed by atoms with Crippen molar-refractivity contribution in [1.82, 2.24) is 0 Å². The summed E-state index contributed by atoms with van der Waals surface area (Å²) in [6.45, 7) is 3.35. The van der Waals surface area contributed by atoms with Crippen molar-refractivity contribution in [2.45, 2.75) is 18.7 Å². The van der Waals surface area contributed by atoms with Crippen LogP contribution in [0.3, 0.4) is 0 Å². The Hall–Kier alpha value is -0.440. The zero-order valence-electron chi connectivity index (χ0n) is 5.68. The first-order chi connectivity index (χ1) is 4.02. The third-order valence-electron chi connectivity index (χ3n) is 0.793. The standard InChI is InChI=1S/C5H10ClNO2/c1-5(2,6)4(7-8)9-3/h8H,1-3H3/b7-4+. The van der Waals surface area contributed by atoms with Crippen LogP contribution in [-0.4, -0.2) is 23.1 Å². The summed E-state index contributed by atoms with van der Waals surface area (Å²) in [7, 11) is 1.40. The van der Waals surface area contributed by atoms with Crippen molar-refractivity contribution in [2.24, 2.45) is 5.16 Å². The highest BCUT2D eigenvalue weighted by Crippen LogP contribution is 2.14. The maximum atomic E-state index is 8.24. The van der Waals surface area contributed by atoms with Crippen LogP contribution in [-0.2, 0) is 4.74 Å². The van der Waals surface area contributed by atoms with Crippen LogP contribution >= 0.6 is 11.6 Å². The zero-order chi connectivity index (χ0) is 7.49. The monoisotopic (exact) mass is 151 g/mol. The molecule has 0 aromatic carbocycles. The van der Waals surface area contributed by atoms with Gasteiger partial charge in [0, 0.05) is 0 Å². The van der Waals surface area contributed by atoms with Gasteiger partial charge in [0.25, 0.3) is 0 Å². The summed E-state index contributed by atoms with van der Waals surface area (Å²) < 4.78 is 4.63. The molecule has 0 radical (unpaired) electrons. The van der Waals surface area contributed by atoms with Crippen LogP contribution in [0.4, 0.5) is 0 Å². The lowest BCUT2D eigenvalue weighted by Gasteiger charge is -2.14. The zero-order valence-corrected chi connectivity index (χ0v) is 6.44. The minimum absolute atomic E-state index is 0.115. The average Bonchev–Trinajstić information content (AvgIpc) is 1.65. The minimum atomic E-state index is -0.733. The van der Waals surface area contributed by atoms with Crippen molar-refractivity contribution < 1.29 is 9.94 Å². The first-order valence-electron chi connectivity index (χ1n) is 2.47. The first-order valence-corrected chi connectivity index (χ1v) is 2.85. The van der Waals surface area contributed by atoms with E-state index in [1.54, 1.807) is 13.8 Å². The SMILES string of the molecule is CO/C(=N/O)C(C)(C)Cl. The van der Waals surface area contributed by atoms with Gasteiger partial charge in [-0.2, -0.15) is 0 Å². The van der Waals surface area contributed by atoms with E-state index < -0.39 is 4.87 Å². The summed E-state index contributed by atoms with van der Waals surface area (Å²) in [5.74, 6) is 0.115. The van der Waals surface area contributed by atoms with Crippen LogP contribution in [0.1, 0.15) is 13.8 Å². The number of hydrogen-bond donors (Lipinski definition) is 1. The van der Waals surface area contributed by atoms with Crippen LogP contribution in [0.25, 0.3) is 0 Å². The van der Waals surface area contributed by atoms with Gasteiger partial charge >= 0.3 is 0 Å². The molecular formula is C5H10ClNO2. The van der Waals surface area contributed by atoms with Crippen molar-refractivity contribution in [3.63, 3.8) is 0 Å². The van der Waals surface area contributed by atoms with E-state index in [4.69, 9.17) is 16.8 Å². The van der Waals surface area contributed by atoms with Gasteiger partial charge in [0.15, 0.2) is 0 Å². The number of methoxy groups -OCH3 is 1. The fraction of sp³-hybridized carbons (Fsp3) is 0.800. The average molecular weight is 152 g/mol. The number of rotatable bonds is 1. The van der Waals surface area contributed by atoms with Gasteiger partial charge in [-0.05, 0) is 13.8 Å². The highest BCUT2D eigenvalue weighted by molar-refractivity contribution is 6.34. The summed E-state index contributed by atoms with van der Waals surface area (Å²) >= 11 is 5.68. The third kappa shape index (κ3) is 2.56. The van der Waals surface area contributed by atoms with Crippen LogP contribution < -0.4 is 0 Å². The Kier molecular flexibility index (Phi) is 2.77. The Morgan fingerprint density at radius 1 is 1.67 bits per heavy atom. The second-order valence-corrected chi connectivity index (χ2v) is 3.03. The Balaban J connectivity index is 4.14. The highest BCUT2D eigenvalue weighted by Gasteiger charge is 2.23. The molecule has 3 nitrogen and oxygen atoms in total. The quantitative estimate of drug-likeness (QED) is 0.203. The second kappa shape index (κ2) is 2.92.